The van der Waals surface area contributed by atoms with Gasteiger partial charge < -0.3 is 19.4 Å². The van der Waals surface area contributed by atoms with E-state index in [1.54, 1.807) is 18.2 Å². The fourth-order valence-electron chi connectivity index (χ4n) is 6.55. The molecular weight excluding hydrogens is 729 g/mol. The van der Waals surface area contributed by atoms with E-state index in [0.29, 0.717) is 22.0 Å². The second-order valence-corrected chi connectivity index (χ2v) is 13.6. The smallest absolute Gasteiger partial charge is 0.214 e. The lowest BCUT2D eigenvalue weighted by Crippen LogP contribution is -2.33. The summed E-state index contributed by atoms with van der Waals surface area (Å²) in [5.41, 5.74) is 9.40. The largest absolute Gasteiger partial charge is 0.473 e. The number of carbonyl (C=O) groups excluding carboxylic acids is 1. The van der Waals surface area contributed by atoms with Crippen LogP contribution >= 0.6 is 11.6 Å². The van der Waals surface area contributed by atoms with Gasteiger partial charge in [0.1, 0.15) is 24.5 Å². The molecule has 0 spiro atoms. The van der Waals surface area contributed by atoms with Crippen LogP contribution in [0.4, 0.5) is 10.1 Å². The highest BCUT2D eigenvalue weighted by atomic mass is 35.5. The standard InChI is InChI=1S/C30H31ClFN5O2.C10H10N2O.2C2H6/c1-33-23-7-8-28-27(16-23)34-29(37(28)17-24-11-14-38-24)18-36-12-9-20(10-13-36)26-3-2-4-30(35-26)39-19-21-5-6-22(31)15-25(21)32;1-6-3-8(5-13)4-9-7(2)11-12-10(6)9;2*1-2/h2-9,15-16,24,33H,10-14,17-19H2,1H3;3-5H,1-2H3,(H,11,12);2*1-2H3/t24-;;;/m0.../s1. The van der Waals surface area contributed by atoms with Gasteiger partial charge in [-0.2, -0.15) is 5.10 Å². The average Bonchev–Trinajstić information content (AvgIpc) is 3.76. The zero-order valence-electron chi connectivity index (χ0n) is 33.5. The molecule has 1 fully saturated rings. The molecule has 0 unspecified atom stereocenters. The molecule has 1 saturated heterocycles. The Morgan fingerprint density at radius 2 is 1.86 bits per heavy atom. The summed E-state index contributed by atoms with van der Waals surface area (Å²) in [6.07, 6.45) is 5.32. The van der Waals surface area contributed by atoms with Crippen molar-refractivity contribution >= 4 is 51.1 Å². The minimum Gasteiger partial charge on any atom is -0.473 e. The first kappa shape index (κ1) is 42.1. The first-order valence-electron chi connectivity index (χ1n) is 19.4. The lowest BCUT2D eigenvalue weighted by molar-refractivity contribution is -0.0591. The van der Waals surface area contributed by atoms with Crippen molar-refractivity contribution in [3.8, 4) is 5.88 Å². The molecule has 3 aromatic heterocycles. The number of rotatable bonds is 10. The first-order chi connectivity index (χ1) is 27.3. The van der Waals surface area contributed by atoms with Crippen molar-refractivity contribution in [3.63, 3.8) is 0 Å². The van der Waals surface area contributed by atoms with Gasteiger partial charge in [-0.1, -0.05) is 57.5 Å². The molecule has 296 valence electrons. The topological polar surface area (TPSA) is 110 Å². The van der Waals surface area contributed by atoms with Crippen molar-refractivity contribution < 1.29 is 18.7 Å². The lowest BCUT2D eigenvalue weighted by Gasteiger charge is -2.29. The van der Waals surface area contributed by atoms with Crippen molar-refractivity contribution in [1.29, 1.82) is 0 Å². The monoisotopic (exact) mass is 781 g/mol. The molecule has 0 bridgehead atoms. The molecule has 12 heteroatoms. The highest BCUT2D eigenvalue weighted by Crippen LogP contribution is 2.27. The summed E-state index contributed by atoms with van der Waals surface area (Å²) in [6, 6.07) is 20.3. The van der Waals surface area contributed by atoms with E-state index < -0.39 is 0 Å². The van der Waals surface area contributed by atoms with Crippen LogP contribution in [-0.4, -0.2) is 68.8 Å². The lowest BCUT2D eigenvalue weighted by atomic mass is 10.0. The third-order valence-corrected chi connectivity index (χ3v) is 9.83. The molecule has 0 saturated carbocycles. The average molecular weight is 782 g/mol. The predicted molar refractivity (Wildman–Crippen MR) is 225 cm³/mol. The summed E-state index contributed by atoms with van der Waals surface area (Å²) in [4.78, 5) is 22.7. The quantitative estimate of drug-likeness (QED) is 0.132. The number of hydrogen-bond donors (Lipinski definition) is 2. The van der Waals surface area contributed by atoms with Gasteiger partial charge in [0.2, 0.25) is 5.88 Å². The van der Waals surface area contributed by atoms with Gasteiger partial charge in [-0.05, 0) is 86.4 Å². The van der Waals surface area contributed by atoms with Gasteiger partial charge in [0, 0.05) is 65.7 Å². The van der Waals surface area contributed by atoms with Crippen molar-refractivity contribution in [2.24, 2.45) is 0 Å². The van der Waals surface area contributed by atoms with Crippen LogP contribution in [0.15, 0.2) is 72.8 Å². The Balaban J connectivity index is 0.000000295. The highest BCUT2D eigenvalue weighted by Gasteiger charge is 2.24. The van der Waals surface area contributed by atoms with E-state index in [1.165, 1.54) is 11.6 Å². The van der Waals surface area contributed by atoms with Crippen molar-refractivity contribution in [2.45, 2.75) is 80.2 Å². The van der Waals surface area contributed by atoms with Crippen molar-refractivity contribution in [3.05, 3.63) is 118 Å². The summed E-state index contributed by atoms with van der Waals surface area (Å²) in [5, 5.41) is 11.7. The van der Waals surface area contributed by atoms with Crippen molar-refractivity contribution in [2.75, 3.05) is 32.1 Å². The Hall–Kier alpha value is -5.10. The number of carbonyl (C=O) groups is 1. The Labute approximate surface area is 334 Å². The number of H-pyrrole nitrogens is 1. The maximum absolute atomic E-state index is 14.1. The Kier molecular flexibility index (Phi) is 15.2. The fourth-order valence-corrected chi connectivity index (χ4v) is 6.71. The molecular formula is C44H53ClFN7O3. The van der Waals surface area contributed by atoms with E-state index in [-0.39, 0.29) is 18.5 Å². The van der Waals surface area contributed by atoms with Crippen LogP contribution in [0, 0.1) is 19.7 Å². The fraction of sp³-hybridized carbons (Fsp3) is 0.364. The van der Waals surface area contributed by atoms with E-state index >= 15 is 0 Å². The molecule has 6 aromatic rings. The SMILES string of the molecule is CC.CC.CNc1ccc2c(c1)nc(CN1CC=C(c3cccc(OCc4ccc(Cl)cc4F)n3)CC1)n2C[C@@H]1CCO1.Cc1[nH]nc2c(C)cc(C=O)cc12. The number of aromatic amines is 1. The third-order valence-electron chi connectivity index (χ3n) is 9.60. The zero-order valence-corrected chi connectivity index (χ0v) is 34.2. The van der Waals surface area contributed by atoms with E-state index in [2.05, 4.69) is 54.2 Å². The van der Waals surface area contributed by atoms with Gasteiger partial charge >= 0.3 is 0 Å². The number of nitrogens with one attached hydrogen (secondary N) is 2. The third kappa shape index (κ3) is 10.2. The second kappa shape index (κ2) is 20.2. The van der Waals surface area contributed by atoms with Crippen molar-refractivity contribution in [1.82, 2.24) is 29.6 Å². The van der Waals surface area contributed by atoms with Gasteiger partial charge in [-0.25, -0.2) is 14.4 Å². The number of pyridine rings is 1. The second-order valence-electron chi connectivity index (χ2n) is 13.2. The molecule has 0 amide bonds. The normalized spacial score (nSPS) is 14.9. The molecule has 1 atom stereocenters. The molecule has 5 heterocycles. The number of ether oxygens (including phenoxy) is 2. The molecule has 10 nitrogen and oxygen atoms in total. The van der Waals surface area contributed by atoms with Gasteiger partial charge in [-0.15, -0.1) is 0 Å². The number of aryl methyl sites for hydroxylation is 2. The van der Waals surface area contributed by atoms with Crippen LogP contribution in [0.1, 0.15) is 79.2 Å². The Morgan fingerprint density at radius 3 is 2.54 bits per heavy atom. The number of fused-ring (bicyclic) bond motifs is 2. The van der Waals surface area contributed by atoms with Crippen LogP contribution < -0.4 is 10.1 Å². The number of imidazole rings is 1. The van der Waals surface area contributed by atoms with Gasteiger partial charge in [0.05, 0.1) is 41.4 Å². The number of nitrogens with zero attached hydrogens (tertiary/aromatic N) is 5. The van der Waals surface area contributed by atoms with Gasteiger partial charge in [0.25, 0.3) is 0 Å². The van der Waals surface area contributed by atoms with Crippen LogP contribution in [0.2, 0.25) is 5.02 Å². The predicted octanol–water partition coefficient (Wildman–Crippen LogP) is 9.97. The van der Waals surface area contributed by atoms with Gasteiger partial charge in [-0.3, -0.25) is 14.8 Å². The van der Waals surface area contributed by atoms with E-state index in [0.717, 1.165) is 102 Å². The number of benzene rings is 3. The van der Waals surface area contributed by atoms with Crippen LogP contribution in [-0.2, 0) is 24.4 Å². The summed E-state index contributed by atoms with van der Waals surface area (Å²) in [6.45, 7) is 16.1. The summed E-state index contributed by atoms with van der Waals surface area (Å²) >= 11 is 5.85. The Morgan fingerprint density at radius 1 is 1.05 bits per heavy atom. The Bertz CT molecular complexity index is 2260. The van der Waals surface area contributed by atoms with E-state index in [9.17, 15) is 9.18 Å². The number of hydrogen-bond acceptors (Lipinski definition) is 8. The zero-order chi connectivity index (χ0) is 40.2. The molecule has 2 aliphatic rings. The molecule has 3 aromatic carbocycles. The highest BCUT2D eigenvalue weighted by molar-refractivity contribution is 6.30. The van der Waals surface area contributed by atoms with E-state index in [1.807, 2.05) is 72.9 Å². The van der Waals surface area contributed by atoms with Crippen LogP contribution in [0.3, 0.4) is 0 Å². The first-order valence-corrected chi connectivity index (χ1v) is 19.8. The van der Waals surface area contributed by atoms with E-state index in [4.69, 9.17) is 26.1 Å². The molecule has 56 heavy (non-hydrogen) atoms. The maximum Gasteiger partial charge on any atom is 0.214 e. The minimum absolute atomic E-state index is 0.0923. The van der Waals surface area contributed by atoms with Crippen LogP contribution in [0.5, 0.6) is 5.88 Å². The summed E-state index contributed by atoms with van der Waals surface area (Å²) < 4.78 is 28.0. The molecule has 8 rings (SSSR count). The molecule has 2 N–H and O–H groups in total. The van der Waals surface area contributed by atoms with Gasteiger partial charge in [0.15, 0.2) is 0 Å². The summed E-state index contributed by atoms with van der Waals surface area (Å²) in [5.74, 6) is 1.15. The number of aromatic nitrogens is 5. The number of halogens is 2. The number of aldehydes is 1. The molecule has 0 aliphatic carbocycles. The van der Waals surface area contributed by atoms with Crippen LogP contribution in [0.25, 0.3) is 27.5 Å². The summed E-state index contributed by atoms with van der Waals surface area (Å²) in [7, 11) is 1.93. The minimum atomic E-state index is -0.384. The molecule has 0 radical (unpaired) electrons. The maximum atomic E-state index is 14.1. The number of anilines is 1. The molecule has 2 aliphatic heterocycles.